The Morgan fingerprint density at radius 2 is 1.25 bits per heavy atom. The molecule has 0 radical (unpaired) electrons. The first kappa shape index (κ1) is 11.4. The Bertz CT molecular complexity index is 67.8. The van der Waals surface area contributed by atoms with Gasteiger partial charge in [0.25, 0.3) is 0 Å². The second kappa shape index (κ2) is 5.67. The monoisotopic (exact) mass is 160 g/mol. The van der Waals surface area contributed by atoms with Crippen LogP contribution in [0.15, 0.2) is 0 Å². The molecule has 0 aromatic heterocycles. The Morgan fingerprint density at radius 3 is 1.25 bits per heavy atom. The van der Waals surface area contributed by atoms with Gasteiger partial charge in [-0.25, -0.2) is 4.57 Å². The molecule has 0 saturated heterocycles. The van der Waals surface area contributed by atoms with Gasteiger partial charge in [0.05, 0.1) is 0 Å². The van der Waals surface area contributed by atoms with Crippen molar-refractivity contribution >= 4 is 16.4 Å². The van der Waals surface area contributed by atoms with Gasteiger partial charge in [-0.2, -0.15) is 0 Å². The first-order chi connectivity index (χ1) is 3.41. The van der Waals surface area contributed by atoms with Crippen LogP contribution in [-0.4, -0.2) is 28.0 Å². The highest BCUT2D eigenvalue weighted by Gasteiger charge is 2.00. The van der Waals surface area contributed by atoms with Crippen LogP contribution in [0.1, 0.15) is 0 Å². The van der Waals surface area contributed by atoms with E-state index in [9.17, 15) is 0 Å². The summed E-state index contributed by atoms with van der Waals surface area (Å²) in [6.45, 7) is 4.31. The molecule has 0 spiro atoms. The van der Waals surface area contributed by atoms with Crippen molar-refractivity contribution in [1.82, 2.24) is 0 Å². The van der Waals surface area contributed by atoms with Gasteiger partial charge in [-0.05, 0) is 13.3 Å². The zero-order valence-electron chi connectivity index (χ0n) is 4.70. The van der Waals surface area contributed by atoms with Crippen molar-refractivity contribution in [3.8, 4) is 0 Å². The number of hydrogen-bond donors (Lipinski definition) is 3. The molecule has 0 aromatic carbocycles. The molecule has 0 fully saturated rings. The lowest BCUT2D eigenvalue weighted by Gasteiger charge is -1.82. The molecule has 0 heterocycles. The van der Waals surface area contributed by atoms with E-state index in [1.54, 1.807) is 0 Å². The molecule has 52 valence electrons. The van der Waals surface area contributed by atoms with E-state index in [1.807, 2.05) is 0 Å². The van der Waals surface area contributed by atoms with E-state index >= 15 is 0 Å². The maximum absolute atomic E-state index is 8.88. The van der Waals surface area contributed by atoms with Gasteiger partial charge in [0, 0.05) is 0 Å². The third-order valence-electron chi connectivity index (χ3n) is 0. The largest absolute Gasteiger partial charge is 0.466 e. The summed E-state index contributed by atoms with van der Waals surface area (Å²) in [5, 5.41) is 0. The maximum atomic E-state index is 8.88. The van der Waals surface area contributed by atoms with E-state index < -0.39 is 7.82 Å². The Hall–Kier alpha value is 0.540. The van der Waals surface area contributed by atoms with Gasteiger partial charge >= 0.3 is 7.82 Å². The molecule has 8 heavy (non-hydrogen) atoms. The minimum Gasteiger partial charge on any atom is -0.303 e. The second-order valence-corrected chi connectivity index (χ2v) is 3.04. The first-order valence-electron chi connectivity index (χ1n) is 1.78. The summed E-state index contributed by atoms with van der Waals surface area (Å²) in [4.78, 5) is 21.6. The van der Waals surface area contributed by atoms with Crippen molar-refractivity contribution < 1.29 is 19.2 Å². The molecular formula is C2H10O4P2. The van der Waals surface area contributed by atoms with Crippen LogP contribution < -0.4 is 0 Å². The summed E-state index contributed by atoms with van der Waals surface area (Å²) >= 11 is 0. The highest BCUT2D eigenvalue weighted by Crippen LogP contribution is 2.25. The Kier molecular flexibility index (Phi) is 8.05. The van der Waals surface area contributed by atoms with Gasteiger partial charge in [-0.1, -0.05) is 0 Å². The quantitative estimate of drug-likeness (QED) is 0.435. The molecular weight excluding hydrogens is 150 g/mol. The van der Waals surface area contributed by atoms with E-state index in [4.69, 9.17) is 19.2 Å². The van der Waals surface area contributed by atoms with E-state index in [2.05, 4.69) is 13.3 Å². The topological polar surface area (TPSA) is 77.8 Å². The molecule has 0 rings (SSSR count). The average molecular weight is 160 g/mol. The van der Waals surface area contributed by atoms with Crippen LogP contribution in [0.2, 0.25) is 0 Å². The van der Waals surface area contributed by atoms with Crippen LogP contribution in [0.4, 0.5) is 0 Å². The van der Waals surface area contributed by atoms with Crippen LogP contribution in [-0.2, 0) is 4.57 Å². The van der Waals surface area contributed by atoms with Crippen LogP contribution in [0.5, 0.6) is 0 Å². The molecule has 3 N–H and O–H groups in total. The molecule has 0 aromatic rings. The summed E-state index contributed by atoms with van der Waals surface area (Å²) in [5.74, 6) is 0. The molecule has 0 amide bonds. The maximum Gasteiger partial charge on any atom is 0.466 e. The zero-order valence-corrected chi connectivity index (χ0v) is 6.59. The van der Waals surface area contributed by atoms with Crippen LogP contribution in [0, 0.1) is 0 Å². The van der Waals surface area contributed by atoms with Crippen molar-refractivity contribution in [1.29, 1.82) is 0 Å². The van der Waals surface area contributed by atoms with Crippen LogP contribution in [0.3, 0.4) is 0 Å². The number of phosphoric acid groups is 1. The summed E-state index contributed by atoms with van der Waals surface area (Å²) < 4.78 is 8.88. The molecule has 6 heteroatoms. The number of hydrogen-bond acceptors (Lipinski definition) is 1. The van der Waals surface area contributed by atoms with Gasteiger partial charge in [0.2, 0.25) is 0 Å². The molecule has 0 aliphatic heterocycles. The van der Waals surface area contributed by atoms with Crippen LogP contribution in [0.25, 0.3) is 0 Å². The lowest BCUT2D eigenvalue weighted by molar-refractivity contribution is 0.275. The molecule has 0 unspecified atom stereocenters. The van der Waals surface area contributed by atoms with Gasteiger partial charge in [-0.15, -0.1) is 8.58 Å². The zero-order chi connectivity index (χ0) is 7.21. The molecule has 0 saturated carbocycles. The molecule has 4 nitrogen and oxygen atoms in total. The fourth-order valence-corrected chi connectivity index (χ4v) is 0. The highest BCUT2D eigenvalue weighted by molar-refractivity contribution is 7.45. The fourth-order valence-electron chi connectivity index (χ4n) is 0. The van der Waals surface area contributed by atoms with Gasteiger partial charge in [-0.3, -0.25) is 0 Å². The van der Waals surface area contributed by atoms with Gasteiger partial charge in [0.1, 0.15) is 0 Å². The summed E-state index contributed by atoms with van der Waals surface area (Å²) in [5.41, 5.74) is 0. The van der Waals surface area contributed by atoms with Gasteiger partial charge < -0.3 is 14.7 Å². The minimum atomic E-state index is -4.64. The van der Waals surface area contributed by atoms with E-state index in [-0.39, 0.29) is 0 Å². The summed E-state index contributed by atoms with van der Waals surface area (Å²) in [6, 6.07) is 0. The standard InChI is InChI=1S/C2H7P.H3O4P/c1-3-2;1-5(2,3)4/h3H,1-2H3;(H3,1,2,3,4). The van der Waals surface area contributed by atoms with E-state index in [0.29, 0.717) is 0 Å². The Labute approximate surface area is 50.0 Å². The molecule has 0 atom stereocenters. The van der Waals surface area contributed by atoms with Crippen LogP contribution >= 0.6 is 16.4 Å². The normalized spacial score (nSPS) is 9.62. The smallest absolute Gasteiger partial charge is 0.303 e. The van der Waals surface area contributed by atoms with Gasteiger partial charge in [0.15, 0.2) is 0 Å². The predicted octanol–water partition coefficient (Wildman–Crippen LogP) is -0.00410. The lowest BCUT2D eigenvalue weighted by atomic mass is 11.9. The summed E-state index contributed by atoms with van der Waals surface area (Å²) in [6.07, 6.45) is 0. The molecule has 0 bridgehead atoms. The highest BCUT2D eigenvalue weighted by atomic mass is 31.2. The van der Waals surface area contributed by atoms with E-state index in [1.165, 1.54) is 0 Å². The SMILES string of the molecule is CPC.O=P(O)(O)O. The average Bonchev–Trinajstić information content (AvgIpc) is 1.27. The minimum absolute atomic E-state index is 1.08. The third kappa shape index (κ3) is 688. The lowest BCUT2D eigenvalue weighted by Crippen LogP contribution is -1.66. The van der Waals surface area contributed by atoms with Crippen molar-refractivity contribution in [2.75, 3.05) is 13.3 Å². The molecule has 0 aliphatic carbocycles. The summed E-state index contributed by atoms with van der Waals surface area (Å²) in [7, 11) is -3.56. The van der Waals surface area contributed by atoms with Crippen molar-refractivity contribution in [3.63, 3.8) is 0 Å². The van der Waals surface area contributed by atoms with E-state index in [0.717, 1.165) is 8.58 Å². The fraction of sp³-hybridized carbons (Fsp3) is 1.00. The van der Waals surface area contributed by atoms with Crippen molar-refractivity contribution in [3.05, 3.63) is 0 Å². The predicted molar refractivity (Wildman–Crippen MR) is 34.4 cm³/mol. The van der Waals surface area contributed by atoms with Crippen molar-refractivity contribution in [2.24, 2.45) is 0 Å². The third-order valence-corrected chi connectivity index (χ3v) is 0. The Morgan fingerprint density at radius 1 is 1.25 bits per heavy atom. The second-order valence-electron chi connectivity index (χ2n) is 1.01. The van der Waals surface area contributed by atoms with Crippen molar-refractivity contribution in [2.45, 2.75) is 0 Å². The number of rotatable bonds is 0. The Balaban J connectivity index is 0. The molecule has 0 aliphatic rings. The first-order valence-corrected chi connectivity index (χ1v) is 5.35.